The molecule has 1 aromatic heterocycles. The number of amides is 1. The van der Waals surface area contributed by atoms with Crippen molar-refractivity contribution in [3.63, 3.8) is 0 Å². The monoisotopic (exact) mass is 293 g/mol. The molecule has 1 atom stereocenters. The van der Waals surface area contributed by atoms with Gasteiger partial charge in [0.1, 0.15) is 6.04 Å². The second-order valence-electron chi connectivity index (χ2n) is 4.59. The van der Waals surface area contributed by atoms with Gasteiger partial charge in [-0.3, -0.25) is 4.79 Å². The lowest BCUT2D eigenvalue weighted by atomic mass is 10.2. The molecule has 0 saturated heterocycles. The molecule has 0 bridgehead atoms. The van der Waals surface area contributed by atoms with Gasteiger partial charge >= 0.3 is 0 Å². The highest BCUT2D eigenvalue weighted by Gasteiger charge is 2.14. The Morgan fingerprint density at radius 2 is 2.30 bits per heavy atom. The molecular formula is C14H19N3O2S. The zero-order chi connectivity index (χ0) is 14.5. The molecule has 1 aromatic carbocycles. The van der Waals surface area contributed by atoms with Crippen molar-refractivity contribution >= 4 is 32.6 Å². The number of para-hydroxylation sites is 1. The van der Waals surface area contributed by atoms with Crippen LogP contribution in [0.5, 0.6) is 0 Å². The number of hydrogen-bond acceptors (Lipinski definition) is 5. The summed E-state index contributed by atoms with van der Waals surface area (Å²) in [6.07, 6.45) is 0. The lowest BCUT2D eigenvalue weighted by molar-refractivity contribution is -0.121. The lowest BCUT2D eigenvalue weighted by Gasteiger charge is -2.12. The second kappa shape index (κ2) is 6.67. The molecule has 20 heavy (non-hydrogen) atoms. The number of hydrogen-bond donors (Lipinski definition) is 2. The van der Waals surface area contributed by atoms with Crippen molar-refractivity contribution in [1.29, 1.82) is 0 Å². The Labute approximate surface area is 122 Å². The van der Waals surface area contributed by atoms with Crippen molar-refractivity contribution in [2.75, 3.05) is 25.6 Å². The molecule has 1 unspecified atom stereocenters. The van der Waals surface area contributed by atoms with Gasteiger partial charge in [0.2, 0.25) is 5.91 Å². The smallest absolute Gasteiger partial charge is 0.242 e. The number of benzene rings is 1. The van der Waals surface area contributed by atoms with Gasteiger partial charge in [-0.15, -0.1) is 0 Å². The molecule has 108 valence electrons. The number of nitrogens with zero attached hydrogens (tertiary/aromatic N) is 1. The van der Waals surface area contributed by atoms with Crippen LogP contribution >= 0.6 is 11.3 Å². The van der Waals surface area contributed by atoms with E-state index in [9.17, 15) is 4.79 Å². The highest BCUT2D eigenvalue weighted by atomic mass is 32.1. The van der Waals surface area contributed by atoms with Gasteiger partial charge in [0, 0.05) is 13.7 Å². The maximum absolute atomic E-state index is 11.9. The van der Waals surface area contributed by atoms with Crippen molar-refractivity contribution in [2.24, 2.45) is 0 Å². The molecule has 1 amide bonds. The predicted molar refractivity (Wildman–Crippen MR) is 82.3 cm³/mol. The van der Waals surface area contributed by atoms with Crippen LogP contribution in [-0.4, -0.2) is 37.2 Å². The summed E-state index contributed by atoms with van der Waals surface area (Å²) in [5.74, 6) is -0.0574. The molecule has 0 radical (unpaired) electrons. The van der Waals surface area contributed by atoms with Crippen LogP contribution in [0, 0.1) is 6.92 Å². The van der Waals surface area contributed by atoms with Crippen molar-refractivity contribution < 1.29 is 9.53 Å². The summed E-state index contributed by atoms with van der Waals surface area (Å²) in [5.41, 5.74) is 2.14. The molecule has 2 aromatic rings. The standard InChI is InChI=1S/C14H19N3O2S/c1-9-5-4-6-11-12(9)17-14(20-11)16-10(2)13(18)15-7-8-19-3/h4-6,10H,7-8H2,1-3H3,(H,15,18)(H,16,17). The number of thiazole rings is 1. The van der Waals surface area contributed by atoms with E-state index in [2.05, 4.69) is 15.6 Å². The third-order valence-electron chi connectivity index (χ3n) is 2.96. The molecule has 0 aliphatic rings. The predicted octanol–water partition coefficient (Wildman–Crippen LogP) is 2.17. The molecule has 2 rings (SSSR count). The molecule has 0 aliphatic heterocycles. The molecule has 5 nitrogen and oxygen atoms in total. The van der Waals surface area contributed by atoms with Gasteiger partial charge in [-0.1, -0.05) is 23.5 Å². The summed E-state index contributed by atoms with van der Waals surface area (Å²) in [5, 5.41) is 6.71. The zero-order valence-corrected chi connectivity index (χ0v) is 12.7. The summed E-state index contributed by atoms with van der Waals surface area (Å²) in [6, 6.07) is 5.76. The van der Waals surface area contributed by atoms with Gasteiger partial charge in [-0.05, 0) is 25.5 Å². The summed E-state index contributed by atoms with van der Waals surface area (Å²) >= 11 is 1.56. The minimum absolute atomic E-state index is 0.0574. The average Bonchev–Trinajstić information content (AvgIpc) is 2.83. The van der Waals surface area contributed by atoms with Crippen LogP contribution in [0.25, 0.3) is 10.2 Å². The molecule has 6 heteroatoms. The number of methoxy groups -OCH3 is 1. The van der Waals surface area contributed by atoms with E-state index in [0.29, 0.717) is 13.2 Å². The molecule has 0 spiro atoms. The van der Waals surface area contributed by atoms with Crippen molar-refractivity contribution in [3.8, 4) is 0 Å². The number of carbonyl (C=O) groups excluding carboxylic acids is 1. The number of nitrogens with one attached hydrogen (secondary N) is 2. The fourth-order valence-electron chi connectivity index (χ4n) is 1.83. The SMILES string of the molecule is COCCNC(=O)C(C)Nc1nc2c(C)cccc2s1. The molecule has 0 fully saturated rings. The van der Waals surface area contributed by atoms with Gasteiger partial charge in [-0.25, -0.2) is 4.98 Å². The van der Waals surface area contributed by atoms with E-state index < -0.39 is 0 Å². The van der Waals surface area contributed by atoms with Gasteiger partial charge in [0.25, 0.3) is 0 Å². The molecule has 0 saturated carbocycles. The molecule has 2 N–H and O–H groups in total. The lowest BCUT2D eigenvalue weighted by Crippen LogP contribution is -2.38. The zero-order valence-electron chi connectivity index (χ0n) is 11.9. The molecule has 0 aliphatic carbocycles. The minimum atomic E-state index is -0.326. The Morgan fingerprint density at radius 3 is 3.00 bits per heavy atom. The van der Waals surface area contributed by atoms with Crippen LogP contribution < -0.4 is 10.6 Å². The van der Waals surface area contributed by atoms with Crippen LogP contribution in [0.4, 0.5) is 5.13 Å². The fourth-order valence-corrected chi connectivity index (χ4v) is 2.86. The quantitative estimate of drug-likeness (QED) is 0.801. The number of aromatic nitrogens is 1. The summed E-state index contributed by atoms with van der Waals surface area (Å²) < 4.78 is 6.02. The first-order valence-corrected chi connectivity index (χ1v) is 7.33. The number of aryl methyl sites for hydroxylation is 1. The Bertz CT molecular complexity index is 597. The largest absolute Gasteiger partial charge is 0.383 e. The van der Waals surface area contributed by atoms with Crippen LogP contribution in [0.2, 0.25) is 0 Å². The highest BCUT2D eigenvalue weighted by Crippen LogP contribution is 2.28. The Kier molecular flexibility index (Phi) is 4.92. The van der Waals surface area contributed by atoms with E-state index in [1.807, 2.05) is 32.0 Å². The number of anilines is 1. The third-order valence-corrected chi connectivity index (χ3v) is 3.91. The van der Waals surface area contributed by atoms with Crippen molar-refractivity contribution in [1.82, 2.24) is 10.3 Å². The molecular weight excluding hydrogens is 274 g/mol. The van der Waals surface area contributed by atoms with Crippen molar-refractivity contribution in [2.45, 2.75) is 19.9 Å². The minimum Gasteiger partial charge on any atom is -0.383 e. The maximum Gasteiger partial charge on any atom is 0.242 e. The number of rotatable bonds is 6. The van der Waals surface area contributed by atoms with Crippen molar-refractivity contribution in [3.05, 3.63) is 23.8 Å². The Morgan fingerprint density at radius 1 is 1.50 bits per heavy atom. The summed E-state index contributed by atoms with van der Waals surface area (Å²) in [4.78, 5) is 16.4. The Balaban J connectivity index is 2.00. The highest BCUT2D eigenvalue weighted by molar-refractivity contribution is 7.22. The van der Waals surface area contributed by atoms with E-state index in [4.69, 9.17) is 4.74 Å². The number of fused-ring (bicyclic) bond motifs is 1. The van der Waals surface area contributed by atoms with Crippen LogP contribution in [0.1, 0.15) is 12.5 Å². The fraction of sp³-hybridized carbons (Fsp3) is 0.429. The van der Waals surface area contributed by atoms with E-state index >= 15 is 0 Å². The second-order valence-corrected chi connectivity index (χ2v) is 5.62. The summed E-state index contributed by atoms with van der Waals surface area (Å²) in [6.45, 7) is 4.88. The van der Waals surface area contributed by atoms with Crippen LogP contribution in [0.15, 0.2) is 18.2 Å². The van der Waals surface area contributed by atoms with Gasteiger partial charge in [-0.2, -0.15) is 0 Å². The topological polar surface area (TPSA) is 63.2 Å². The number of ether oxygens (including phenoxy) is 1. The first-order valence-electron chi connectivity index (χ1n) is 6.51. The maximum atomic E-state index is 11.9. The van der Waals surface area contributed by atoms with Gasteiger partial charge in [0.15, 0.2) is 5.13 Å². The van der Waals surface area contributed by atoms with Gasteiger partial charge < -0.3 is 15.4 Å². The third kappa shape index (κ3) is 3.46. The normalized spacial score (nSPS) is 12.3. The van der Waals surface area contributed by atoms with Crippen LogP contribution in [0.3, 0.4) is 0 Å². The van der Waals surface area contributed by atoms with E-state index in [1.54, 1.807) is 18.4 Å². The Hall–Kier alpha value is -1.66. The van der Waals surface area contributed by atoms with E-state index in [-0.39, 0.29) is 11.9 Å². The van der Waals surface area contributed by atoms with Crippen LogP contribution in [-0.2, 0) is 9.53 Å². The van der Waals surface area contributed by atoms with Gasteiger partial charge in [0.05, 0.1) is 16.8 Å². The molecule has 1 heterocycles. The first-order chi connectivity index (χ1) is 9.61. The average molecular weight is 293 g/mol. The van der Waals surface area contributed by atoms with E-state index in [0.717, 1.165) is 20.9 Å². The number of carbonyl (C=O) groups is 1. The summed E-state index contributed by atoms with van der Waals surface area (Å²) in [7, 11) is 1.61. The van der Waals surface area contributed by atoms with E-state index in [1.165, 1.54) is 0 Å². The first kappa shape index (κ1) is 14.7.